The molecule has 19 rings (SSSR count). The normalized spacial score (nSPS) is 12.2. The predicted molar refractivity (Wildman–Crippen MR) is 362 cm³/mol. The molecule has 5 nitrogen and oxygen atoms in total. The van der Waals surface area contributed by atoms with Crippen LogP contribution in [-0.4, -0.2) is 23.7 Å². The Hall–Kier alpha value is -10.7. The van der Waals surface area contributed by atoms with Gasteiger partial charge in [0, 0.05) is 106 Å². The molecule has 0 fully saturated rings. The number of benzene rings is 13. The van der Waals surface area contributed by atoms with Gasteiger partial charge >= 0.3 is 0 Å². The Labute approximate surface area is 494 Å². The molecule has 0 saturated carbocycles. The zero-order valence-electron chi connectivity index (χ0n) is 45.5. The van der Waals surface area contributed by atoms with Crippen molar-refractivity contribution in [2.45, 2.75) is 0 Å². The molecule has 6 heterocycles. The van der Waals surface area contributed by atoms with E-state index in [9.17, 15) is 0 Å². The Kier molecular flexibility index (Phi) is 9.87. The molecular weight excluding hydrogens is 1070 g/mol. The van der Waals surface area contributed by atoms with E-state index in [2.05, 4.69) is 287 Å². The summed E-state index contributed by atoms with van der Waals surface area (Å²) < 4.78 is 12.3. The van der Waals surface area contributed by atoms with Crippen LogP contribution in [0.4, 0.5) is 0 Å². The lowest BCUT2D eigenvalue weighted by atomic mass is 9.96. The van der Waals surface area contributed by atoms with Crippen LogP contribution in [0.15, 0.2) is 273 Å². The third-order valence-electron chi connectivity index (χ3n) is 17.8. The molecule has 0 atom stereocenters. The molecule has 0 N–H and O–H groups in total. The zero-order valence-corrected chi connectivity index (χ0v) is 47.2. The Balaban J connectivity index is 0.747. The van der Waals surface area contributed by atoms with Crippen molar-refractivity contribution in [3.63, 3.8) is 0 Å². The molecule has 7 heteroatoms. The second-order valence-corrected chi connectivity index (χ2v) is 24.5. The molecule has 394 valence electrons. The smallest absolute Gasteiger partial charge is 0.235 e. The van der Waals surface area contributed by atoms with Crippen LogP contribution in [0.2, 0.25) is 0 Å². The van der Waals surface area contributed by atoms with Crippen molar-refractivity contribution >= 4 is 150 Å². The fraction of sp³-hybridized carbons (Fsp3) is 0. The van der Waals surface area contributed by atoms with Crippen LogP contribution in [0.1, 0.15) is 0 Å². The van der Waals surface area contributed by atoms with Gasteiger partial charge < -0.3 is 9.13 Å². The average molecular weight is 1120 g/mol. The summed E-state index contributed by atoms with van der Waals surface area (Å²) in [7, 11) is 0. The van der Waals surface area contributed by atoms with Crippen molar-refractivity contribution in [1.29, 1.82) is 0 Å². The summed E-state index contributed by atoms with van der Waals surface area (Å²) >= 11 is 3.76. The van der Waals surface area contributed by atoms with Crippen molar-refractivity contribution in [3.8, 4) is 50.8 Å². The van der Waals surface area contributed by atoms with E-state index in [0.29, 0.717) is 5.95 Å². The van der Waals surface area contributed by atoms with Crippen molar-refractivity contribution in [1.82, 2.24) is 23.7 Å². The first-order chi connectivity index (χ1) is 42.1. The molecule has 13 aromatic carbocycles. The van der Waals surface area contributed by atoms with Gasteiger partial charge in [-0.2, -0.15) is 0 Å². The van der Waals surface area contributed by atoms with Gasteiger partial charge in [-0.05, 0) is 119 Å². The zero-order chi connectivity index (χ0) is 55.4. The van der Waals surface area contributed by atoms with Gasteiger partial charge in [-0.25, -0.2) is 9.97 Å². The maximum atomic E-state index is 5.50. The Morgan fingerprint density at radius 2 is 0.788 bits per heavy atom. The summed E-state index contributed by atoms with van der Waals surface area (Å²) in [6.45, 7) is 0. The SMILES string of the molecule is c1ccc(-c2nc(-n3c4ccccc4c4c5c6ccccc6sc5c5cc(-c6ccc7c(c6)sc6ccc(-n8c9ccccc9c9cc(-c%10ccc%11c(c%10)c%10ccccc%10n%11-c%10ccccc%10)ccc98)cc67)ccc5c43)nc3ccccc23)cc1. The highest BCUT2D eigenvalue weighted by molar-refractivity contribution is 7.27. The Morgan fingerprint density at radius 1 is 0.259 bits per heavy atom. The number of hydrogen-bond donors (Lipinski definition) is 0. The molecule has 0 aliphatic heterocycles. The summed E-state index contributed by atoms with van der Waals surface area (Å²) in [4.78, 5) is 10.9. The monoisotopic (exact) mass is 1120 g/mol. The first-order valence-electron chi connectivity index (χ1n) is 28.9. The van der Waals surface area contributed by atoms with Gasteiger partial charge in [0.25, 0.3) is 0 Å². The van der Waals surface area contributed by atoms with Gasteiger partial charge in [-0.3, -0.25) is 4.57 Å². The molecule has 0 radical (unpaired) electrons. The van der Waals surface area contributed by atoms with Gasteiger partial charge in [-0.15, -0.1) is 22.7 Å². The molecule has 0 aliphatic rings. The van der Waals surface area contributed by atoms with E-state index in [1.165, 1.54) is 133 Å². The van der Waals surface area contributed by atoms with E-state index in [-0.39, 0.29) is 0 Å². The predicted octanol–water partition coefficient (Wildman–Crippen LogP) is 21.8. The van der Waals surface area contributed by atoms with Crippen LogP contribution in [0, 0.1) is 0 Å². The van der Waals surface area contributed by atoms with Crippen molar-refractivity contribution < 1.29 is 0 Å². The largest absolute Gasteiger partial charge is 0.309 e. The number of thiophene rings is 2. The van der Waals surface area contributed by atoms with Crippen LogP contribution < -0.4 is 0 Å². The summed E-state index contributed by atoms with van der Waals surface area (Å²) in [5.41, 5.74) is 17.0. The lowest BCUT2D eigenvalue weighted by Gasteiger charge is -2.13. The Bertz CT molecular complexity index is 6040. The summed E-state index contributed by atoms with van der Waals surface area (Å²) in [5.74, 6) is 0.660. The van der Waals surface area contributed by atoms with E-state index < -0.39 is 0 Å². The highest BCUT2D eigenvalue weighted by Crippen LogP contribution is 2.50. The summed E-state index contributed by atoms with van der Waals surface area (Å²) in [6.07, 6.45) is 0. The first kappa shape index (κ1) is 46.9. The maximum absolute atomic E-state index is 5.50. The lowest BCUT2D eigenvalue weighted by molar-refractivity contribution is 1.02. The van der Waals surface area contributed by atoms with E-state index in [1.807, 2.05) is 22.7 Å². The highest BCUT2D eigenvalue weighted by atomic mass is 32.1. The standard InChI is InChI=1S/C78H45N5S2/c1-3-17-46(18-4-1)75-57-23-7-12-26-64(57)79-78(80-75)83-67-29-15-10-24-58(67)73-74-59-25-11-16-30-70(59)85-77(74)63-43-47(32-37-56(63)76(73)83)50-31-36-55-62-45-52(35-40-71(62)84-72(55)44-50)82-66-28-14-9-22-54(66)61-42-49(34-39-69(61)82)48-33-38-68-60(41-48)53-21-8-13-27-65(53)81(68)51-19-5-2-6-20-51/h1-45H. The third kappa shape index (κ3) is 6.85. The number of fused-ring (bicyclic) bond motifs is 20. The van der Waals surface area contributed by atoms with E-state index in [1.54, 1.807) is 0 Å². The molecule has 0 bridgehead atoms. The topological polar surface area (TPSA) is 40.6 Å². The van der Waals surface area contributed by atoms with Crippen molar-refractivity contribution in [2.24, 2.45) is 0 Å². The Morgan fingerprint density at radius 3 is 1.51 bits per heavy atom. The van der Waals surface area contributed by atoms with Gasteiger partial charge in [-0.1, -0.05) is 176 Å². The van der Waals surface area contributed by atoms with Crippen LogP contribution in [-0.2, 0) is 0 Å². The molecule has 0 unspecified atom stereocenters. The summed E-state index contributed by atoms with van der Waals surface area (Å²) in [6, 6.07) is 100. The van der Waals surface area contributed by atoms with E-state index in [4.69, 9.17) is 9.97 Å². The fourth-order valence-corrected chi connectivity index (χ4v) is 16.4. The number of hydrogen-bond acceptors (Lipinski definition) is 4. The molecule has 0 amide bonds. The average Bonchev–Trinajstić information content (AvgIpc) is 2.09. The van der Waals surface area contributed by atoms with Gasteiger partial charge in [0.15, 0.2) is 0 Å². The molecule has 19 aromatic rings. The number of nitrogens with zero attached hydrogens (tertiary/aromatic N) is 5. The fourth-order valence-electron chi connectivity index (χ4n) is 14.1. The first-order valence-corrected chi connectivity index (χ1v) is 30.5. The molecule has 0 aliphatic carbocycles. The number of aromatic nitrogens is 5. The van der Waals surface area contributed by atoms with Crippen molar-refractivity contribution in [3.05, 3.63) is 273 Å². The van der Waals surface area contributed by atoms with Crippen LogP contribution in [0.5, 0.6) is 0 Å². The second kappa shape index (κ2) is 17.9. The molecule has 6 aromatic heterocycles. The second-order valence-electron chi connectivity index (χ2n) is 22.4. The van der Waals surface area contributed by atoms with Crippen LogP contribution in [0.3, 0.4) is 0 Å². The van der Waals surface area contributed by atoms with E-state index in [0.717, 1.165) is 38.9 Å². The minimum absolute atomic E-state index is 0.660. The highest BCUT2D eigenvalue weighted by Gasteiger charge is 2.25. The van der Waals surface area contributed by atoms with Gasteiger partial charge in [0.2, 0.25) is 5.95 Å². The molecule has 85 heavy (non-hydrogen) atoms. The van der Waals surface area contributed by atoms with Crippen molar-refractivity contribution in [2.75, 3.05) is 0 Å². The van der Waals surface area contributed by atoms with E-state index >= 15 is 0 Å². The molecular formula is C78H45N5S2. The lowest BCUT2D eigenvalue weighted by Crippen LogP contribution is -2.03. The minimum atomic E-state index is 0.660. The molecule has 0 saturated heterocycles. The number of para-hydroxylation sites is 5. The third-order valence-corrected chi connectivity index (χ3v) is 20.2. The van der Waals surface area contributed by atoms with Crippen LogP contribution in [0.25, 0.3) is 178 Å². The summed E-state index contributed by atoms with van der Waals surface area (Å²) in [5, 5.41) is 15.9. The number of rotatable bonds is 6. The van der Waals surface area contributed by atoms with Crippen LogP contribution >= 0.6 is 22.7 Å². The molecule has 0 spiro atoms. The maximum Gasteiger partial charge on any atom is 0.235 e. The minimum Gasteiger partial charge on any atom is -0.309 e. The van der Waals surface area contributed by atoms with Gasteiger partial charge in [0.1, 0.15) is 0 Å². The van der Waals surface area contributed by atoms with Gasteiger partial charge in [0.05, 0.1) is 44.3 Å². The quantitative estimate of drug-likeness (QED) is 0.166.